The highest BCUT2D eigenvalue weighted by molar-refractivity contribution is 6.30. The predicted octanol–water partition coefficient (Wildman–Crippen LogP) is 2.85. The number of benzene rings is 1. The van der Waals surface area contributed by atoms with E-state index >= 15 is 0 Å². The van der Waals surface area contributed by atoms with Crippen LogP contribution in [-0.4, -0.2) is 43.1 Å². The van der Waals surface area contributed by atoms with Crippen molar-refractivity contribution in [2.45, 2.75) is 25.9 Å². The van der Waals surface area contributed by atoms with Gasteiger partial charge < -0.3 is 20.3 Å². The normalized spacial score (nSPS) is 14.2. The SMILES string of the molecule is CCC(COC)NC(=O)c1cnc2c(c1)N(Cc1ccc(Cl)cc1)C(=O)CN2. The molecular formula is C20H23ClN4O3. The molecule has 2 amide bonds. The summed E-state index contributed by atoms with van der Waals surface area (Å²) < 4.78 is 5.13. The Morgan fingerprint density at radius 3 is 2.82 bits per heavy atom. The van der Waals surface area contributed by atoms with Crippen molar-refractivity contribution in [1.29, 1.82) is 0 Å². The van der Waals surface area contributed by atoms with Crippen molar-refractivity contribution in [3.05, 3.63) is 52.7 Å². The maximum absolute atomic E-state index is 12.6. The third-order valence-electron chi connectivity index (χ3n) is 4.58. The number of ether oxygens (including phenoxy) is 1. The number of aromatic nitrogens is 1. The lowest BCUT2D eigenvalue weighted by Crippen LogP contribution is -2.40. The average Bonchev–Trinajstić information content (AvgIpc) is 2.70. The zero-order valence-corrected chi connectivity index (χ0v) is 16.6. The van der Waals surface area contributed by atoms with Gasteiger partial charge in [-0.25, -0.2) is 4.98 Å². The quantitative estimate of drug-likeness (QED) is 0.744. The van der Waals surface area contributed by atoms with Crippen LogP contribution in [0.3, 0.4) is 0 Å². The van der Waals surface area contributed by atoms with Crippen molar-refractivity contribution in [2.75, 3.05) is 30.5 Å². The second-order valence-corrected chi connectivity index (χ2v) is 7.02. The molecule has 1 unspecified atom stereocenters. The maximum atomic E-state index is 12.6. The summed E-state index contributed by atoms with van der Waals surface area (Å²) in [5, 5.41) is 6.57. The van der Waals surface area contributed by atoms with E-state index in [4.69, 9.17) is 16.3 Å². The lowest BCUT2D eigenvalue weighted by molar-refractivity contribution is -0.117. The molecule has 0 saturated carbocycles. The van der Waals surface area contributed by atoms with E-state index in [-0.39, 0.29) is 24.4 Å². The highest BCUT2D eigenvalue weighted by Gasteiger charge is 2.26. The number of amides is 2. The van der Waals surface area contributed by atoms with Gasteiger partial charge in [0.15, 0.2) is 5.82 Å². The molecule has 28 heavy (non-hydrogen) atoms. The summed E-state index contributed by atoms with van der Waals surface area (Å²) in [6.07, 6.45) is 2.26. The van der Waals surface area contributed by atoms with Crippen molar-refractivity contribution >= 4 is 34.9 Å². The smallest absolute Gasteiger partial charge is 0.253 e. The summed E-state index contributed by atoms with van der Waals surface area (Å²) in [7, 11) is 1.60. The molecule has 8 heteroatoms. The summed E-state index contributed by atoms with van der Waals surface area (Å²) in [6.45, 7) is 2.94. The first-order valence-electron chi connectivity index (χ1n) is 9.10. The van der Waals surface area contributed by atoms with E-state index < -0.39 is 0 Å². The zero-order valence-electron chi connectivity index (χ0n) is 15.9. The molecule has 0 fully saturated rings. The minimum Gasteiger partial charge on any atom is -0.383 e. The van der Waals surface area contributed by atoms with Crippen molar-refractivity contribution in [3.8, 4) is 0 Å². The van der Waals surface area contributed by atoms with Crippen LogP contribution < -0.4 is 15.5 Å². The number of halogens is 1. The van der Waals surface area contributed by atoms with Gasteiger partial charge in [-0.1, -0.05) is 30.7 Å². The van der Waals surface area contributed by atoms with Gasteiger partial charge in [-0.15, -0.1) is 0 Å². The molecule has 148 valence electrons. The van der Waals surface area contributed by atoms with Crippen LogP contribution in [0.1, 0.15) is 29.3 Å². The van der Waals surface area contributed by atoms with Crippen molar-refractivity contribution in [1.82, 2.24) is 10.3 Å². The lowest BCUT2D eigenvalue weighted by atomic mass is 10.1. The fourth-order valence-electron chi connectivity index (χ4n) is 2.99. The monoisotopic (exact) mass is 402 g/mol. The Labute approximate surface area is 169 Å². The minimum absolute atomic E-state index is 0.0848. The minimum atomic E-state index is -0.247. The predicted molar refractivity (Wildman–Crippen MR) is 109 cm³/mol. The molecule has 0 bridgehead atoms. The van der Waals surface area contributed by atoms with Gasteiger partial charge in [0.25, 0.3) is 5.91 Å². The molecule has 2 heterocycles. The largest absolute Gasteiger partial charge is 0.383 e. The van der Waals surface area contributed by atoms with Crippen molar-refractivity contribution in [2.24, 2.45) is 0 Å². The fourth-order valence-corrected chi connectivity index (χ4v) is 3.11. The molecular weight excluding hydrogens is 380 g/mol. The molecule has 7 nitrogen and oxygen atoms in total. The molecule has 1 aromatic carbocycles. The number of pyridine rings is 1. The number of hydrogen-bond donors (Lipinski definition) is 2. The van der Waals surface area contributed by atoms with E-state index in [1.165, 1.54) is 6.20 Å². The van der Waals surface area contributed by atoms with Crippen molar-refractivity contribution in [3.63, 3.8) is 0 Å². The number of hydrogen-bond acceptors (Lipinski definition) is 5. The van der Waals surface area contributed by atoms with E-state index in [0.29, 0.717) is 35.2 Å². The van der Waals surface area contributed by atoms with Crippen LogP contribution in [0.4, 0.5) is 11.5 Å². The number of nitrogens with zero attached hydrogens (tertiary/aromatic N) is 2. The van der Waals surface area contributed by atoms with E-state index in [1.54, 1.807) is 30.2 Å². The molecule has 0 radical (unpaired) electrons. The summed E-state index contributed by atoms with van der Waals surface area (Å²) in [5.74, 6) is 0.241. The topological polar surface area (TPSA) is 83.6 Å². The van der Waals surface area contributed by atoms with Gasteiger partial charge in [0.05, 0.1) is 37.0 Å². The van der Waals surface area contributed by atoms with Crippen LogP contribution in [0.5, 0.6) is 0 Å². The maximum Gasteiger partial charge on any atom is 0.253 e. The van der Waals surface area contributed by atoms with Gasteiger partial charge in [0.1, 0.15) is 0 Å². The van der Waals surface area contributed by atoms with Gasteiger partial charge >= 0.3 is 0 Å². The lowest BCUT2D eigenvalue weighted by Gasteiger charge is -2.30. The van der Waals surface area contributed by atoms with Gasteiger partial charge in [0.2, 0.25) is 5.91 Å². The highest BCUT2D eigenvalue weighted by Crippen LogP contribution is 2.30. The van der Waals surface area contributed by atoms with Gasteiger partial charge in [-0.3, -0.25) is 9.59 Å². The number of rotatable bonds is 7. The number of carbonyl (C=O) groups excluding carboxylic acids is 2. The summed E-state index contributed by atoms with van der Waals surface area (Å²) in [6, 6.07) is 8.92. The van der Waals surface area contributed by atoms with Crippen LogP contribution in [0, 0.1) is 0 Å². The van der Waals surface area contributed by atoms with E-state index in [2.05, 4.69) is 15.6 Å². The zero-order chi connectivity index (χ0) is 20.1. The first-order valence-corrected chi connectivity index (χ1v) is 9.48. The number of carbonyl (C=O) groups is 2. The Hall–Kier alpha value is -2.64. The third kappa shape index (κ3) is 4.61. The standard InChI is InChI=1S/C20H23ClN4O3/c1-3-16(12-28-2)24-20(27)14-8-17-19(22-9-14)23-10-18(26)25(17)11-13-4-6-15(21)7-5-13/h4-9,16H,3,10-12H2,1-2H3,(H,22,23)(H,24,27). The van der Waals surface area contributed by atoms with Crippen molar-refractivity contribution < 1.29 is 14.3 Å². The summed E-state index contributed by atoms with van der Waals surface area (Å²) in [5.41, 5.74) is 1.91. The third-order valence-corrected chi connectivity index (χ3v) is 4.83. The van der Waals surface area contributed by atoms with Crippen LogP contribution in [0.15, 0.2) is 36.5 Å². The Morgan fingerprint density at radius 2 is 2.14 bits per heavy atom. The Kier molecular flexibility index (Phi) is 6.49. The average molecular weight is 403 g/mol. The highest BCUT2D eigenvalue weighted by atomic mass is 35.5. The van der Waals surface area contributed by atoms with E-state index in [0.717, 1.165) is 12.0 Å². The second-order valence-electron chi connectivity index (χ2n) is 6.59. The van der Waals surface area contributed by atoms with E-state index in [9.17, 15) is 9.59 Å². The fraction of sp³-hybridized carbons (Fsp3) is 0.350. The molecule has 0 spiro atoms. The number of nitrogens with one attached hydrogen (secondary N) is 2. The number of fused-ring (bicyclic) bond motifs is 1. The van der Waals surface area contributed by atoms with Gasteiger partial charge in [0, 0.05) is 18.3 Å². The first-order chi connectivity index (χ1) is 13.5. The Bertz CT molecular complexity index is 857. The van der Waals surface area contributed by atoms with Crippen LogP contribution >= 0.6 is 11.6 Å². The Morgan fingerprint density at radius 1 is 1.39 bits per heavy atom. The van der Waals surface area contributed by atoms with Crippen LogP contribution in [0.2, 0.25) is 5.02 Å². The summed E-state index contributed by atoms with van der Waals surface area (Å²) in [4.78, 5) is 31.1. The second kappa shape index (κ2) is 9.03. The molecule has 1 aliphatic rings. The first kappa shape index (κ1) is 20.1. The van der Waals surface area contributed by atoms with Crippen LogP contribution in [0.25, 0.3) is 0 Å². The molecule has 3 rings (SSSR count). The number of methoxy groups -OCH3 is 1. The Balaban J connectivity index is 1.84. The molecule has 1 aliphatic heterocycles. The van der Waals surface area contributed by atoms with Gasteiger partial charge in [-0.2, -0.15) is 0 Å². The summed E-state index contributed by atoms with van der Waals surface area (Å²) >= 11 is 5.94. The molecule has 2 aromatic rings. The van der Waals surface area contributed by atoms with Crippen LogP contribution in [-0.2, 0) is 16.1 Å². The molecule has 0 saturated heterocycles. The van der Waals surface area contributed by atoms with E-state index in [1.807, 2.05) is 19.1 Å². The molecule has 0 aliphatic carbocycles. The molecule has 1 atom stereocenters. The number of anilines is 2. The molecule has 2 N–H and O–H groups in total. The molecule has 1 aromatic heterocycles. The van der Waals surface area contributed by atoms with Gasteiger partial charge in [-0.05, 0) is 30.2 Å².